The van der Waals surface area contributed by atoms with E-state index in [-0.39, 0.29) is 23.9 Å². The SMILES string of the molecule is COc1cccc(CCC(=O)Cn2nc(-c3sc4ccccc4c3Cl)n(CC(C)C)c2=O)c1. The Kier molecular flexibility index (Phi) is 7.00. The Morgan fingerprint density at radius 2 is 1.97 bits per heavy atom. The van der Waals surface area contributed by atoms with Gasteiger partial charge in [0.05, 0.1) is 17.0 Å². The van der Waals surface area contributed by atoms with Crippen molar-refractivity contribution >= 4 is 38.8 Å². The first-order chi connectivity index (χ1) is 15.9. The number of ketones is 1. The molecule has 0 aliphatic rings. The number of thiophene rings is 1. The number of aromatic nitrogens is 3. The molecule has 0 radical (unpaired) electrons. The molecule has 0 bridgehead atoms. The number of nitrogens with zero attached hydrogens (tertiary/aromatic N) is 3. The number of halogens is 1. The molecule has 0 N–H and O–H groups in total. The predicted octanol–water partition coefficient (Wildman–Crippen LogP) is 5.45. The van der Waals surface area contributed by atoms with E-state index in [1.165, 1.54) is 16.0 Å². The monoisotopic (exact) mass is 483 g/mol. The second kappa shape index (κ2) is 9.93. The fourth-order valence-electron chi connectivity index (χ4n) is 3.76. The van der Waals surface area contributed by atoms with Crippen LogP contribution in [0.15, 0.2) is 53.3 Å². The van der Waals surface area contributed by atoms with Crippen molar-refractivity contribution in [1.29, 1.82) is 0 Å². The first-order valence-corrected chi connectivity index (χ1v) is 12.1. The summed E-state index contributed by atoms with van der Waals surface area (Å²) in [4.78, 5) is 26.6. The average molecular weight is 484 g/mol. The average Bonchev–Trinajstić information content (AvgIpc) is 3.29. The summed E-state index contributed by atoms with van der Waals surface area (Å²) in [6.45, 7) is 4.51. The van der Waals surface area contributed by atoms with Gasteiger partial charge < -0.3 is 4.74 Å². The number of aryl methyl sites for hydroxylation is 1. The number of methoxy groups -OCH3 is 1. The number of fused-ring (bicyclic) bond motifs is 1. The van der Waals surface area contributed by atoms with Crippen LogP contribution in [0.25, 0.3) is 20.8 Å². The van der Waals surface area contributed by atoms with Crippen LogP contribution in [0.3, 0.4) is 0 Å². The summed E-state index contributed by atoms with van der Waals surface area (Å²) in [5.74, 6) is 1.45. The molecule has 2 aromatic carbocycles. The minimum atomic E-state index is -0.290. The van der Waals surface area contributed by atoms with E-state index in [2.05, 4.69) is 5.10 Å². The lowest BCUT2D eigenvalue weighted by Crippen LogP contribution is -2.29. The summed E-state index contributed by atoms with van der Waals surface area (Å²) in [6.07, 6.45) is 0.891. The second-order valence-corrected chi connectivity index (χ2v) is 9.83. The molecule has 0 fully saturated rings. The topological polar surface area (TPSA) is 66.1 Å². The second-order valence-electron chi connectivity index (χ2n) is 8.40. The highest BCUT2D eigenvalue weighted by molar-refractivity contribution is 7.23. The minimum Gasteiger partial charge on any atom is -0.497 e. The van der Waals surface area contributed by atoms with Gasteiger partial charge in [0.1, 0.15) is 12.3 Å². The Balaban J connectivity index is 1.61. The summed E-state index contributed by atoms with van der Waals surface area (Å²) in [7, 11) is 1.62. The Hall–Kier alpha value is -2.90. The maximum atomic E-state index is 13.2. The molecule has 6 nitrogen and oxygen atoms in total. The largest absolute Gasteiger partial charge is 0.497 e. The molecule has 0 unspecified atom stereocenters. The van der Waals surface area contributed by atoms with Crippen LogP contribution in [-0.4, -0.2) is 27.2 Å². The van der Waals surface area contributed by atoms with Gasteiger partial charge in [0.25, 0.3) is 0 Å². The van der Waals surface area contributed by atoms with E-state index in [0.717, 1.165) is 26.3 Å². The summed E-state index contributed by atoms with van der Waals surface area (Å²) in [5.41, 5.74) is 0.722. The van der Waals surface area contributed by atoms with Crippen LogP contribution in [0, 0.1) is 5.92 Å². The Morgan fingerprint density at radius 1 is 1.18 bits per heavy atom. The molecular formula is C25H26ClN3O3S. The first-order valence-electron chi connectivity index (χ1n) is 10.9. The molecule has 0 amide bonds. The third-order valence-corrected chi connectivity index (χ3v) is 7.03. The number of rotatable bonds is 9. The van der Waals surface area contributed by atoms with Crippen molar-refractivity contribution in [2.75, 3.05) is 7.11 Å². The predicted molar refractivity (Wildman–Crippen MR) is 133 cm³/mol. The third kappa shape index (κ3) is 5.04. The molecule has 172 valence electrons. The fraction of sp³-hybridized carbons (Fsp3) is 0.320. The molecule has 0 saturated heterocycles. The molecule has 4 rings (SSSR count). The van der Waals surface area contributed by atoms with E-state index in [4.69, 9.17) is 16.3 Å². The third-order valence-electron chi connectivity index (χ3n) is 5.36. The van der Waals surface area contributed by atoms with Crippen molar-refractivity contribution in [3.63, 3.8) is 0 Å². The van der Waals surface area contributed by atoms with Crippen molar-refractivity contribution in [2.45, 2.75) is 39.8 Å². The zero-order valence-electron chi connectivity index (χ0n) is 18.9. The number of hydrogen-bond donors (Lipinski definition) is 0. The quantitative estimate of drug-likeness (QED) is 0.317. The van der Waals surface area contributed by atoms with Gasteiger partial charge in [-0.05, 0) is 36.1 Å². The standard InChI is InChI=1S/C25H26ClN3O3S/c1-16(2)14-28-24(23-22(26)20-9-4-5-10-21(20)33-23)27-29(25(28)31)15-18(30)12-11-17-7-6-8-19(13-17)32-3/h4-10,13,16H,11-12,14-15H2,1-3H3. The van der Waals surface area contributed by atoms with Crippen LogP contribution in [-0.2, 0) is 24.3 Å². The zero-order valence-corrected chi connectivity index (χ0v) is 20.4. The van der Waals surface area contributed by atoms with E-state index < -0.39 is 0 Å². The first kappa shape index (κ1) is 23.3. The molecule has 4 aromatic rings. The number of hydrogen-bond acceptors (Lipinski definition) is 5. The van der Waals surface area contributed by atoms with Gasteiger partial charge in [0.15, 0.2) is 11.6 Å². The van der Waals surface area contributed by atoms with E-state index in [1.54, 1.807) is 11.7 Å². The zero-order chi connectivity index (χ0) is 23.5. The summed E-state index contributed by atoms with van der Waals surface area (Å²) in [5, 5.41) is 6.09. The van der Waals surface area contributed by atoms with Gasteiger partial charge in [-0.2, -0.15) is 0 Å². The van der Waals surface area contributed by atoms with Gasteiger partial charge in [0, 0.05) is 23.1 Å². The fourth-order valence-corrected chi connectivity index (χ4v) is 5.27. The molecule has 33 heavy (non-hydrogen) atoms. The highest BCUT2D eigenvalue weighted by Gasteiger charge is 2.22. The highest BCUT2D eigenvalue weighted by atomic mass is 35.5. The van der Waals surface area contributed by atoms with Crippen molar-refractivity contribution in [3.05, 3.63) is 69.6 Å². The van der Waals surface area contributed by atoms with E-state index in [1.807, 2.05) is 62.4 Å². The van der Waals surface area contributed by atoms with Gasteiger partial charge in [0.2, 0.25) is 0 Å². The van der Waals surface area contributed by atoms with Gasteiger partial charge in [-0.3, -0.25) is 9.36 Å². The number of carbonyl (C=O) groups is 1. The van der Waals surface area contributed by atoms with Crippen molar-refractivity contribution in [2.24, 2.45) is 5.92 Å². The normalized spacial score (nSPS) is 11.4. The van der Waals surface area contributed by atoms with Crippen LogP contribution in [0.1, 0.15) is 25.8 Å². The Labute approximate surface area is 201 Å². The molecular weight excluding hydrogens is 458 g/mol. The maximum absolute atomic E-state index is 13.2. The van der Waals surface area contributed by atoms with Crippen molar-refractivity contribution < 1.29 is 9.53 Å². The van der Waals surface area contributed by atoms with E-state index in [9.17, 15) is 9.59 Å². The van der Waals surface area contributed by atoms with Crippen LogP contribution >= 0.6 is 22.9 Å². The molecule has 0 spiro atoms. The van der Waals surface area contributed by atoms with E-state index >= 15 is 0 Å². The smallest absolute Gasteiger partial charge is 0.346 e. The summed E-state index contributed by atoms with van der Waals surface area (Å²) < 4.78 is 9.18. The molecule has 8 heteroatoms. The van der Waals surface area contributed by atoms with Crippen LogP contribution in [0.5, 0.6) is 5.75 Å². The lowest BCUT2D eigenvalue weighted by atomic mass is 10.1. The van der Waals surface area contributed by atoms with Crippen molar-refractivity contribution in [3.8, 4) is 16.5 Å². The van der Waals surface area contributed by atoms with Gasteiger partial charge in [-0.25, -0.2) is 9.48 Å². The Morgan fingerprint density at radius 3 is 2.70 bits per heavy atom. The van der Waals surface area contributed by atoms with E-state index in [0.29, 0.717) is 30.2 Å². The molecule has 0 aliphatic heterocycles. The number of carbonyl (C=O) groups excluding carboxylic acids is 1. The highest BCUT2D eigenvalue weighted by Crippen LogP contribution is 2.41. The minimum absolute atomic E-state index is 0.0527. The summed E-state index contributed by atoms with van der Waals surface area (Å²) >= 11 is 8.18. The van der Waals surface area contributed by atoms with Gasteiger partial charge in [-0.1, -0.05) is 55.8 Å². The number of Topliss-reactive ketones (excluding diaryl/α,β-unsaturated/α-hetero) is 1. The van der Waals surface area contributed by atoms with Crippen LogP contribution < -0.4 is 10.4 Å². The van der Waals surface area contributed by atoms with Crippen LogP contribution in [0.2, 0.25) is 5.02 Å². The molecule has 2 heterocycles. The lowest BCUT2D eigenvalue weighted by Gasteiger charge is -2.07. The summed E-state index contributed by atoms with van der Waals surface area (Å²) in [6, 6.07) is 15.5. The molecule has 0 saturated carbocycles. The molecule has 2 aromatic heterocycles. The maximum Gasteiger partial charge on any atom is 0.346 e. The number of ether oxygens (including phenoxy) is 1. The lowest BCUT2D eigenvalue weighted by molar-refractivity contribution is -0.119. The van der Waals surface area contributed by atoms with Crippen LogP contribution in [0.4, 0.5) is 0 Å². The number of benzene rings is 2. The molecule has 0 atom stereocenters. The Bertz CT molecular complexity index is 1350. The van der Waals surface area contributed by atoms with Gasteiger partial charge in [-0.15, -0.1) is 16.4 Å². The molecule has 0 aliphatic carbocycles. The van der Waals surface area contributed by atoms with Gasteiger partial charge >= 0.3 is 5.69 Å². The van der Waals surface area contributed by atoms with Crippen molar-refractivity contribution in [1.82, 2.24) is 14.3 Å².